The molecule has 0 bridgehead atoms. The Labute approximate surface area is 190 Å². The van der Waals surface area contributed by atoms with E-state index in [-0.39, 0.29) is 15.1 Å². The first-order valence-electron chi connectivity index (χ1n) is 9.30. The summed E-state index contributed by atoms with van der Waals surface area (Å²) < 4.78 is 30.0. The van der Waals surface area contributed by atoms with E-state index in [1.165, 1.54) is 17.7 Å². The number of carbonyl (C=O) groups is 1. The van der Waals surface area contributed by atoms with Crippen molar-refractivity contribution in [3.63, 3.8) is 0 Å². The molecule has 8 nitrogen and oxygen atoms in total. The summed E-state index contributed by atoms with van der Waals surface area (Å²) in [4.78, 5) is 23.6. The van der Waals surface area contributed by atoms with Crippen LogP contribution in [0.3, 0.4) is 0 Å². The normalized spacial score (nSPS) is 17.3. The number of likely N-dealkylation sites (tertiary alicyclic amines) is 1. The highest BCUT2D eigenvalue weighted by Gasteiger charge is 2.36. The van der Waals surface area contributed by atoms with Gasteiger partial charge in [-0.1, -0.05) is 29.8 Å². The third-order valence-corrected chi connectivity index (χ3v) is 9.99. The second-order valence-corrected chi connectivity index (χ2v) is 11.6. The lowest BCUT2D eigenvalue weighted by atomic mass is 10.3. The van der Waals surface area contributed by atoms with E-state index in [1.54, 1.807) is 17.0 Å². The first-order valence-corrected chi connectivity index (χ1v) is 12.8. The number of hydrogen-bond acceptors (Lipinski definition) is 8. The van der Waals surface area contributed by atoms with Crippen LogP contribution in [-0.4, -0.2) is 41.8 Å². The Balaban J connectivity index is 1.34. The van der Waals surface area contributed by atoms with Crippen molar-refractivity contribution in [1.82, 2.24) is 19.6 Å². The fraction of sp³-hybridized carbons (Fsp3) is 0.211. The number of nitrogens with zero attached hydrogens (tertiary/aromatic N) is 3. The van der Waals surface area contributed by atoms with Gasteiger partial charge in [-0.3, -0.25) is 4.79 Å². The number of anilines is 1. The second-order valence-electron chi connectivity index (χ2n) is 7.11. The molecular weight excluding hydrogens is 478 g/mol. The molecule has 0 radical (unpaired) electrons. The van der Waals surface area contributed by atoms with Crippen LogP contribution in [0.2, 0.25) is 5.02 Å². The molecular formula is C19H16ClN5O3S3. The fourth-order valence-electron chi connectivity index (χ4n) is 3.60. The van der Waals surface area contributed by atoms with Gasteiger partial charge in [-0.05, 0) is 18.6 Å². The van der Waals surface area contributed by atoms with Gasteiger partial charge >= 0.3 is 0 Å². The summed E-state index contributed by atoms with van der Waals surface area (Å²) in [5.74, 6) is 0.136. The number of nitrogens with one attached hydrogen (secondary N) is 1. The first-order chi connectivity index (χ1) is 14.8. The Morgan fingerprint density at radius 3 is 2.84 bits per heavy atom. The maximum atomic E-state index is 13.0. The van der Waals surface area contributed by atoms with Gasteiger partial charge < -0.3 is 10.6 Å². The summed E-state index contributed by atoms with van der Waals surface area (Å²) in [6.45, 7) is 0.808. The molecule has 3 N–H and O–H groups in total. The van der Waals surface area contributed by atoms with Gasteiger partial charge in [0.2, 0.25) is 5.91 Å². The van der Waals surface area contributed by atoms with E-state index in [0.717, 1.165) is 31.1 Å². The van der Waals surface area contributed by atoms with Crippen LogP contribution in [0.4, 0.5) is 5.82 Å². The van der Waals surface area contributed by atoms with Crippen LogP contribution in [0, 0.1) is 0 Å². The van der Waals surface area contributed by atoms with Crippen molar-refractivity contribution >= 4 is 76.3 Å². The Morgan fingerprint density at radius 1 is 1.26 bits per heavy atom. The summed E-state index contributed by atoms with van der Waals surface area (Å²) in [6, 6.07) is 8.26. The quantitative estimate of drug-likeness (QED) is 0.440. The number of carbonyl (C=O) groups excluding carboxylic acids is 1. The summed E-state index contributed by atoms with van der Waals surface area (Å²) in [5.41, 5.74) is 6.62. The van der Waals surface area contributed by atoms with Gasteiger partial charge in [-0.25, -0.2) is 18.4 Å². The van der Waals surface area contributed by atoms with E-state index in [2.05, 4.69) is 14.7 Å². The molecule has 1 aromatic carbocycles. The highest BCUT2D eigenvalue weighted by molar-refractivity contribution is 7.92. The number of thiophene rings is 2. The van der Waals surface area contributed by atoms with Gasteiger partial charge in [-0.2, -0.15) is 4.72 Å². The van der Waals surface area contributed by atoms with Gasteiger partial charge in [0.05, 0.1) is 21.8 Å². The molecule has 0 spiro atoms. The number of halogens is 1. The molecule has 31 heavy (non-hydrogen) atoms. The number of rotatable bonds is 5. The maximum absolute atomic E-state index is 13.0. The maximum Gasteiger partial charge on any atom is 0.252 e. The summed E-state index contributed by atoms with van der Waals surface area (Å²) >= 11 is 8.85. The van der Waals surface area contributed by atoms with E-state index in [9.17, 15) is 13.2 Å². The van der Waals surface area contributed by atoms with Crippen molar-refractivity contribution in [1.29, 1.82) is 0 Å². The van der Waals surface area contributed by atoms with Crippen molar-refractivity contribution < 1.29 is 13.2 Å². The van der Waals surface area contributed by atoms with Crippen molar-refractivity contribution in [3.8, 4) is 0 Å². The average Bonchev–Trinajstić information content (AvgIpc) is 3.41. The number of aromatic nitrogens is 2. The first kappa shape index (κ1) is 20.6. The lowest BCUT2D eigenvalue weighted by molar-refractivity contribution is -0.129. The summed E-state index contributed by atoms with van der Waals surface area (Å²) in [7, 11) is -3.93. The summed E-state index contributed by atoms with van der Waals surface area (Å²) in [6.07, 6.45) is 1.78. The van der Waals surface area contributed by atoms with Crippen LogP contribution in [0.25, 0.3) is 20.3 Å². The lowest BCUT2D eigenvalue weighted by Gasteiger charge is -2.16. The fourth-order valence-corrected chi connectivity index (χ4v) is 7.99. The molecule has 12 heteroatoms. The second kappa shape index (κ2) is 7.68. The molecule has 0 aliphatic carbocycles. The smallest absolute Gasteiger partial charge is 0.252 e. The highest BCUT2D eigenvalue weighted by atomic mass is 35.5. The third-order valence-electron chi connectivity index (χ3n) is 5.08. The molecule has 1 aliphatic heterocycles. The number of sulfonamides is 1. The van der Waals surface area contributed by atoms with E-state index in [1.807, 2.05) is 18.2 Å². The van der Waals surface area contributed by atoms with Crippen LogP contribution in [0.5, 0.6) is 0 Å². The number of benzene rings is 1. The molecule has 3 aromatic heterocycles. The Bertz CT molecular complexity index is 1430. The lowest BCUT2D eigenvalue weighted by Crippen LogP contribution is -2.41. The Kier molecular flexibility index (Phi) is 5.10. The molecule has 4 heterocycles. The monoisotopic (exact) mass is 493 g/mol. The molecule has 1 saturated heterocycles. The molecule has 1 aliphatic rings. The van der Waals surface area contributed by atoms with Crippen LogP contribution >= 0.6 is 34.3 Å². The third kappa shape index (κ3) is 3.66. The molecule has 5 rings (SSSR count). The average molecular weight is 494 g/mol. The predicted octanol–water partition coefficient (Wildman–Crippen LogP) is 3.22. The predicted molar refractivity (Wildman–Crippen MR) is 123 cm³/mol. The van der Waals surface area contributed by atoms with E-state index in [0.29, 0.717) is 30.7 Å². The van der Waals surface area contributed by atoms with Crippen molar-refractivity contribution in [3.05, 3.63) is 46.6 Å². The SMILES string of the molecule is Nc1ncnc2cc(CN3CC[C@H](NS(=O)(=O)c4sc5ccccc5c4Cl)C3=O)sc12. The Hall–Kier alpha value is -2.31. The molecule has 1 amide bonds. The zero-order valence-corrected chi connectivity index (χ0v) is 19.1. The highest BCUT2D eigenvalue weighted by Crippen LogP contribution is 2.38. The minimum Gasteiger partial charge on any atom is -0.382 e. The van der Waals surface area contributed by atoms with E-state index >= 15 is 0 Å². The van der Waals surface area contributed by atoms with Crippen LogP contribution in [-0.2, 0) is 21.4 Å². The molecule has 1 fully saturated rings. The largest absolute Gasteiger partial charge is 0.382 e. The van der Waals surface area contributed by atoms with E-state index in [4.69, 9.17) is 17.3 Å². The molecule has 0 unspecified atom stereocenters. The Morgan fingerprint density at radius 2 is 2.06 bits per heavy atom. The van der Waals surface area contributed by atoms with Crippen LogP contribution in [0.15, 0.2) is 40.9 Å². The number of nitrogen functional groups attached to an aromatic ring is 1. The standard InChI is InChI=1S/C19H16ClN5O3S3/c20-15-11-3-1-2-4-14(11)30-19(15)31(27,28)24-12-5-6-25(18(12)26)8-10-7-13-16(29-10)17(21)23-9-22-13/h1-4,7,9,12,24H,5-6,8H2,(H2,21,22,23)/t12-/m0/s1. The van der Waals surface area contributed by atoms with Crippen LogP contribution < -0.4 is 10.5 Å². The van der Waals surface area contributed by atoms with Gasteiger partial charge in [0, 0.05) is 21.5 Å². The van der Waals surface area contributed by atoms with Gasteiger partial charge in [0.1, 0.15) is 18.2 Å². The van der Waals surface area contributed by atoms with Crippen molar-refractivity contribution in [2.45, 2.75) is 23.2 Å². The number of hydrogen-bond donors (Lipinski definition) is 2. The van der Waals surface area contributed by atoms with E-state index < -0.39 is 16.1 Å². The minimum atomic E-state index is -3.93. The van der Waals surface area contributed by atoms with Gasteiger partial charge in [-0.15, -0.1) is 22.7 Å². The molecule has 4 aromatic rings. The molecule has 0 saturated carbocycles. The summed E-state index contributed by atoms with van der Waals surface area (Å²) in [5, 5.41) is 0.862. The number of amides is 1. The van der Waals surface area contributed by atoms with Gasteiger partial charge in [0.25, 0.3) is 10.0 Å². The zero-order valence-electron chi connectivity index (χ0n) is 15.9. The zero-order chi connectivity index (χ0) is 21.8. The minimum absolute atomic E-state index is 0.0279. The van der Waals surface area contributed by atoms with Crippen LogP contribution in [0.1, 0.15) is 11.3 Å². The van der Waals surface area contributed by atoms with Crippen molar-refractivity contribution in [2.75, 3.05) is 12.3 Å². The van der Waals surface area contributed by atoms with Crippen molar-refractivity contribution in [2.24, 2.45) is 0 Å². The molecule has 160 valence electrons. The number of nitrogens with two attached hydrogens (primary N) is 1. The molecule has 1 atom stereocenters. The van der Waals surface area contributed by atoms with Gasteiger partial charge in [0.15, 0.2) is 4.21 Å². The topological polar surface area (TPSA) is 118 Å². The number of fused-ring (bicyclic) bond motifs is 2.